The van der Waals surface area contributed by atoms with Crippen molar-refractivity contribution in [2.75, 3.05) is 79.7 Å². The molecule has 2 aliphatic heterocycles. The SMILES string of the molecule is CNCC1CN(C)CCN1CCN1CCOCC1. The average molecular weight is 256 g/mol. The minimum atomic E-state index is 0.662. The van der Waals surface area contributed by atoms with E-state index in [2.05, 4.69) is 34.1 Å². The first-order valence-electron chi connectivity index (χ1n) is 7.17. The van der Waals surface area contributed by atoms with Crippen molar-refractivity contribution < 1.29 is 4.74 Å². The predicted octanol–water partition coefficient (Wildman–Crippen LogP) is -0.846. The molecule has 0 aliphatic carbocycles. The second-order valence-electron chi connectivity index (χ2n) is 5.46. The Labute approximate surface area is 111 Å². The van der Waals surface area contributed by atoms with Crippen LogP contribution < -0.4 is 5.32 Å². The van der Waals surface area contributed by atoms with Gasteiger partial charge in [0.1, 0.15) is 0 Å². The van der Waals surface area contributed by atoms with Crippen LogP contribution in [-0.4, -0.2) is 100 Å². The predicted molar refractivity (Wildman–Crippen MR) is 74.0 cm³/mol. The van der Waals surface area contributed by atoms with E-state index >= 15 is 0 Å². The van der Waals surface area contributed by atoms with Gasteiger partial charge in [-0.25, -0.2) is 0 Å². The first kappa shape index (κ1) is 14.2. The Morgan fingerprint density at radius 2 is 1.89 bits per heavy atom. The van der Waals surface area contributed by atoms with E-state index in [0.717, 1.165) is 32.8 Å². The second kappa shape index (κ2) is 7.40. The molecule has 5 nitrogen and oxygen atoms in total. The van der Waals surface area contributed by atoms with Crippen LogP contribution in [0.2, 0.25) is 0 Å². The zero-order chi connectivity index (χ0) is 12.8. The Morgan fingerprint density at radius 1 is 1.11 bits per heavy atom. The number of hydrogen-bond acceptors (Lipinski definition) is 5. The topological polar surface area (TPSA) is 31.0 Å². The monoisotopic (exact) mass is 256 g/mol. The van der Waals surface area contributed by atoms with Crippen LogP contribution in [-0.2, 0) is 4.74 Å². The van der Waals surface area contributed by atoms with Crippen LogP contribution in [0.1, 0.15) is 0 Å². The maximum Gasteiger partial charge on any atom is 0.0594 e. The molecule has 0 bridgehead atoms. The second-order valence-corrected chi connectivity index (χ2v) is 5.46. The van der Waals surface area contributed by atoms with Gasteiger partial charge in [-0.3, -0.25) is 9.80 Å². The molecular weight excluding hydrogens is 228 g/mol. The molecule has 2 saturated heterocycles. The fourth-order valence-corrected chi connectivity index (χ4v) is 2.87. The minimum Gasteiger partial charge on any atom is -0.379 e. The molecule has 2 fully saturated rings. The van der Waals surface area contributed by atoms with Gasteiger partial charge in [0.05, 0.1) is 13.2 Å². The molecule has 0 aromatic heterocycles. The average Bonchev–Trinajstić information content (AvgIpc) is 2.39. The molecule has 106 valence electrons. The number of hydrogen-bond donors (Lipinski definition) is 1. The third-order valence-corrected chi connectivity index (χ3v) is 4.05. The van der Waals surface area contributed by atoms with Crippen molar-refractivity contribution in [1.82, 2.24) is 20.0 Å². The Kier molecular flexibility index (Phi) is 5.85. The third-order valence-electron chi connectivity index (χ3n) is 4.05. The number of likely N-dealkylation sites (N-methyl/N-ethyl adjacent to an activating group) is 2. The van der Waals surface area contributed by atoms with Crippen molar-refractivity contribution in [3.05, 3.63) is 0 Å². The summed E-state index contributed by atoms with van der Waals surface area (Å²) in [5.74, 6) is 0. The van der Waals surface area contributed by atoms with Gasteiger partial charge in [-0.05, 0) is 14.1 Å². The lowest BCUT2D eigenvalue weighted by molar-refractivity contribution is 0.0237. The Hall–Kier alpha value is -0.200. The van der Waals surface area contributed by atoms with E-state index in [-0.39, 0.29) is 0 Å². The molecule has 1 unspecified atom stereocenters. The summed E-state index contributed by atoms with van der Waals surface area (Å²) >= 11 is 0. The Balaban J connectivity index is 1.74. The number of piperazine rings is 1. The van der Waals surface area contributed by atoms with Gasteiger partial charge in [0.25, 0.3) is 0 Å². The largest absolute Gasteiger partial charge is 0.379 e. The maximum absolute atomic E-state index is 5.39. The van der Waals surface area contributed by atoms with Crippen LogP contribution in [0.5, 0.6) is 0 Å². The fraction of sp³-hybridized carbons (Fsp3) is 1.00. The normalized spacial score (nSPS) is 28.7. The molecule has 2 rings (SSSR count). The molecule has 5 heteroatoms. The summed E-state index contributed by atoms with van der Waals surface area (Å²) in [6.45, 7) is 11.1. The van der Waals surface area contributed by atoms with Crippen molar-refractivity contribution in [2.45, 2.75) is 6.04 Å². The highest BCUT2D eigenvalue weighted by Crippen LogP contribution is 2.08. The highest BCUT2D eigenvalue weighted by Gasteiger charge is 2.24. The van der Waals surface area contributed by atoms with Crippen LogP contribution in [0.3, 0.4) is 0 Å². The highest BCUT2D eigenvalue weighted by atomic mass is 16.5. The van der Waals surface area contributed by atoms with Gasteiger partial charge < -0.3 is 15.0 Å². The first-order chi connectivity index (χ1) is 8.79. The zero-order valence-electron chi connectivity index (χ0n) is 11.9. The lowest BCUT2D eigenvalue weighted by atomic mass is 10.1. The molecule has 2 aliphatic rings. The summed E-state index contributed by atoms with van der Waals surface area (Å²) < 4.78 is 5.39. The Morgan fingerprint density at radius 3 is 2.61 bits per heavy atom. The summed E-state index contributed by atoms with van der Waals surface area (Å²) in [7, 11) is 4.27. The van der Waals surface area contributed by atoms with E-state index in [1.54, 1.807) is 0 Å². The van der Waals surface area contributed by atoms with E-state index in [1.807, 2.05) is 0 Å². The van der Waals surface area contributed by atoms with E-state index < -0.39 is 0 Å². The molecule has 2 heterocycles. The summed E-state index contributed by atoms with van der Waals surface area (Å²) in [4.78, 5) is 7.61. The van der Waals surface area contributed by atoms with Crippen LogP contribution >= 0.6 is 0 Å². The summed E-state index contributed by atoms with van der Waals surface area (Å²) in [6, 6.07) is 0.662. The molecule has 0 spiro atoms. The zero-order valence-corrected chi connectivity index (χ0v) is 11.9. The summed E-state index contributed by atoms with van der Waals surface area (Å²) in [5.41, 5.74) is 0. The van der Waals surface area contributed by atoms with E-state index in [1.165, 1.54) is 32.7 Å². The van der Waals surface area contributed by atoms with E-state index in [0.29, 0.717) is 6.04 Å². The van der Waals surface area contributed by atoms with Crippen LogP contribution in [0, 0.1) is 0 Å². The molecule has 0 aromatic carbocycles. The fourth-order valence-electron chi connectivity index (χ4n) is 2.87. The van der Waals surface area contributed by atoms with Gasteiger partial charge >= 0.3 is 0 Å². The molecule has 1 N–H and O–H groups in total. The van der Waals surface area contributed by atoms with Crippen molar-refractivity contribution in [3.63, 3.8) is 0 Å². The lowest BCUT2D eigenvalue weighted by Crippen LogP contribution is -2.56. The van der Waals surface area contributed by atoms with Gasteiger partial charge in [-0.15, -0.1) is 0 Å². The maximum atomic E-state index is 5.39. The molecule has 0 aromatic rings. The quantitative estimate of drug-likeness (QED) is 0.693. The van der Waals surface area contributed by atoms with Gasteiger partial charge in [0, 0.05) is 58.4 Å². The van der Waals surface area contributed by atoms with Crippen molar-refractivity contribution in [2.24, 2.45) is 0 Å². The molecule has 0 radical (unpaired) electrons. The van der Waals surface area contributed by atoms with Crippen molar-refractivity contribution in [3.8, 4) is 0 Å². The molecule has 1 atom stereocenters. The van der Waals surface area contributed by atoms with Gasteiger partial charge in [-0.1, -0.05) is 0 Å². The summed E-state index contributed by atoms with van der Waals surface area (Å²) in [5, 5.41) is 3.32. The van der Waals surface area contributed by atoms with Gasteiger partial charge in [0.2, 0.25) is 0 Å². The van der Waals surface area contributed by atoms with Crippen LogP contribution in [0.4, 0.5) is 0 Å². The van der Waals surface area contributed by atoms with Crippen LogP contribution in [0.15, 0.2) is 0 Å². The van der Waals surface area contributed by atoms with Gasteiger partial charge in [0.15, 0.2) is 0 Å². The Bertz CT molecular complexity index is 233. The number of nitrogens with zero attached hydrogens (tertiary/aromatic N) is 3. The molecule has 0 saturated carbocycles. The van der Waals surface area contributed by atoms with Crippen molar-refractivity contribution in [1.29, 1.82) is 0 Å². The number of nitrogens with one attached hydrogen (secondary N) is 1. The smallest absolute Gasteiger partial charge is 0.0594 e. The van der Waals surface area contributed by atoms with Gasteiger partial charge in [-0.2, -0.15) is 0 Å². The number of morpholine rings is 1. The lowest BCUT2D eigenvalue weighted by Gasteiger charge is -2.41. The highest BCUT2D eigenvalue weighted by molar-refractivity contribution is 4.82. The van der Waals surface area contributed by atoms with Crippen molar-refractivity contribution >= 4 is 0 Å². The van der Waals surface area contributed by atoms with E-state index in [9.17, 15) is 0 Å². The molecular formula is C13H28N4O. The summed E-state index contributed by atoms with van der Waals surface area (Å²) in [6.07, 6.45) is 0. The standard InChI is InChI=1S/C13H28N4O/c1-14-11-13-12-15(2)3-5-17(13)6-4-16-7-9-18-10-8-16/h13-14H,3-12H2,1-2H3. The van der Waals surface area contributed by atoms with Crippen LogP contribution in [0.25, 0.3) is 0 Å². The molecule has 18 heavy (non-hydrogen) atoms. The third kappa shape index (κ3) is 4.17. The number of ether oxygens (including phenoxy) is 1. The first-order valence-corrected chi connectivity index (χ1v) is 7.17. The molecule has 0 amide bonds. The number of rotatable bonds is 5. The minimum absolute atomic E-state index is 0.662. The van der Waals surface area contributed by atoms with E-state index in [4.69, 9.17) is 4.74 Å².